The Kier molecular flexibility index (Phi) is 6.05. The zero-order valence-electron chi connectivity index (χ0n) is 13.7. The molecule has 0 saturated carbocycles. The summed E-state index contributed by atoms with van der Waals surface area (Å²) in [6.07, 6.45) is 1.89. The molecule has 1 N–H and O–H groups in total. The van der Waals surface area contributed by atoms with Crippen LogP contribution < -0.4 is 4.72 Å². The van der Waals surface area contributed by atoms with Crippen LogP contribution in [-0.2, 0) is 20.0 Å². The van der Waals surface area contributed by atoms with Gasteiger partial charge in [-0.3, -0.25) is 4.72 Å². The molecule has 25 heavy (non-hydrogen) atoms. The number of hydrogen-bond acceptors (Lipinski definition) is 5. The Morgan fingerprint density at radius 1 is 0.960 bits per heavy atom. The van der Waals surface area contributed by atoms with E-state index in [1.54, 1.807) is 12.1 Å². The lowest BCUT2D eigenvalue weighted by Crippen LogP contribution is -2.22. The topological polar surface area (TPSA) is 83.5 Å². The highest BCUT2D eigenvalue weighted by molar-refractivity contribution is 7.98. The van der Waals surface area contributed by atoms with Crippen molar-refractivity contribution in [1.82, 2.24) is 4.31 Å². The summed E-state index contributed by atoms with van der Waals surface area (Å²) in [5.41, 5.74) is -0.00136. The molecule has 6 nitrogen and oxygen atoms in total. The van der Waals surface area contributed by atoms with E-state index in [1.807, 2.05) is 6.26 Å². The molecule has 0 bridgehead atoms. The van der Waals surface area contributed by atoms with Gasteiger partial charge < -0.3 is 0 Å². The Hall–Kier alpha value is -1.26. The van der Waals surface area contributed by atoms with Crippen LogP contribution in [0.2, 0.25) is 5.02 Å². The summed E-state index contributed by atoms with van der Waals surface area (Å²) in [6, 6.07) is 10.2. The van der Waals surface area contributed by atoms with Crippen molar-refractivity contribution in [1.29, 1.82) is 0 Å². The van der Waals surface area contributed by atoms with E-state index in [2.05, 4.69) is 4.72 Å². The number of hydrogen-bond donors (Lipinski definition) is 1. The first-order valence-corrected chi connectivity index (χ1v) is 11.5. The van der Waals surface area contributed by atoms with Gasteiger partial charge in [0.1, 0.15) is 0 Å². The van der Waals surface area contributed by atoms with Gasteiger partial charge in [0.2, 0.25) is 10.0 Å². The van der Waals surface area contributed by atoms with Crippen molar-refractivity contribution in [3.8, 4) is 0 Å². The Morgan fingerprint density at radius 3 is 2.04 bits per heavy atom. The van der Waals surface area contributed by atoms with Gasteiger partial charge >= 0.3 is 0 Å². The number of sulfonamides is 2. The molecular weight excluding hydrogens is 404 g/mol. The fraction of sp³-hybridized carbons (Fsp3) is 0.200. The molecule has 0 amide bonds. The smallest absolute Gasteiger partial charge is 0.261 e. The van der Waals surface area contributed by atoms with E-state index in [4.69, 9.17) is 11.6 Å². The standard InChI is InChI=1S/C15H17ClN2O4S3/c1-18(2)25(21,22)13-8-9-14(16)15(10-13)17-24(19,20)12-6-4-11(23-3)5-7-12/h4-10,17H,1-3H3. The summed E-state index contributed by atoms with van der Waals surface area (Å²) >= 11 is 7.52. The molecule has 2 aromatic carbocycles. The Bertz CT molecular complexity index is 972. The number of nitrogens with zero attached hydrogens (tertiary/aromatic N) is 1. The fourth-order valence-electron chi connectivity index (χ4n) is 1.91. The SMILES string of the molecule is CSc1ccc(S(=O)(=O)Nc2cc(S(=O)(=O)N(C)C)ccc2Cl)cc1. The van der Waals surface area contributed by atoms with E-state index in [1.165, 1.54) is 56.2 Å². The van der Waals surface area contributed by atoms with Gasteiger partial charge in [-0.1, -0.05) is 11.6 Å². The Labute approximate surface area is 157 Å². The van der Waals surface area contributed by atoms with Gasteiger partial charge in [-0.25, -0.2) is 21.1 Å². The van der Waals surface area contributed by atoms with Crippen LogP contribution in [0, 0.1) is 0 Å². The Balaban J connectivity index is 2.41. The predicted molar refractivity (Wildman–Crippen MR) is 101 cm³/mol. The highest BCUT2D eigenvalue weighted by Gasteiger charge is 2.21. The van der Waals surface area contributed by atoms with Crippen LogP contribution in [0.5, 0.6) is 0 Å². The highest BCUT2D eigenvalue weighted by atomic mass is 35.5. The molecular formula is C15H17ClN2O4S3. The number of anilines is 1. The van der Waals surface area contributed by atoms with Crippen molar-refractivity contribution in [2.45, 2.75) is 14.7 Å². The molecule has 2 rings (SSSR count). The third-order valence-electron chi connectivity index (χ3n) is 3.33. The van der Waals surface area contributed by atoms with E-state index in [0.717, 1.165) is 9.20 Å². The fourth-order valence-corrected chi connectivity index (χ4v) is 4.54. The van der Waals surface area contributed by atoms with Crippen molar-refractivity contribution in [3.63, 3.8) is 0 Å². The van der Waals surface area contributed by atoms with Gasteiger partial charge in [0.05, 0.1) is 20.5 Å². The van der Waals surface area contributed by atoms with Crippen LogP contribution in [0.25, 0.3) is 0 Å². The lowest BCUT2D eigenvalue weighted by atomic mass is 10.3. The molecule has 136 valence electrons. The molecule has 0 fully saturated rings. The first kappa shape index (κ1) is 20.1. The molecule has 0 unspecified atom stereocenters. The largest absolute Gasteiger partial charge is 0.278 e. The molecule has 0 saturated heterocycles. The summed E-state index contributed by atoms with van der Waals surface area (Å²) in [6.45, 7) is 0. The van der Waals surface area contributed by atoms with Crippen LogP contribution in [0.1, 0.15) is 0 Å². The van der Waals surface area contributed by atoms with Crippen molar-refractivity contribution in [3.05, 3.63) is 47.5 Å². The average Bonchev–Trinajstić information content (AvgIpc) is 2.56. The number of nitrogens with one attached hydrogen (secondary N) is 1. The van der Waals surface area contributed by atoms with Gasteiger partial charge in [-0.2, -0.15) is 0 Å². The highest BCUT2D eigenvalue weighted by Crippen LogP contribution is 2.29. The first-order chi connectivity index (χ1) is 11.6. The molecule has 0 aliphatic carbocycles. The van der Waals surface area contributed by atoms with E-state index >= 15 is 0 Å². The zero-order chi connectivity index (χ0) is 18.8. The van der Waals surface area contributed by atoms with Crippen LogP contribution in [0.3, 0.4) is 0 Å². The minimum atomic E-state index is -3.90. The van der Waals surface area contributed by atoms with Gasteiger partial charge in [0, 0.05) is 19.0 Å². The van der Waals surface area contributed by atoms with Crippen LogP contribution >= 0.6 is 23.4 Å². The van der Waals surface area contributed by atoms with Gasteiger partial charge in [0.25, 0.3) is 10.0 Å². The Morgan fingerprint density at radius 2 is 1.52 bits per heavy atom. The number of benzene rings is 2. The third-order valence-corrected chi connectivity index (χ3v) is 7.60. The zero-order valence-corrected chi connectivity index (χ0v) is 16.9. The van der Waals surface area contributed by atoms with Gasteiger partial charge in [-0.15, -0.1) is 11.8 Å². The second-order valence-corrected chi connectivity index (χ2v) is 10.3. The van der Waals surface area contributed by atoms with Gasteiger partial charge in [0.15, 0.2) is 0 Å². The molecule has 0 atom stereocenters. The second kappa shape index (κ2) is 7.55. The molecule has 0 aliphatic heterocycles. The summed E-state index contributed by atoms with van der Waals surface area (Å²) in [5, 5.41) is 0.0991. The van der Waals surface area contributed by atoms with Crippen molar-refractivity contribution in [2.75, 3.05) is 25.1 Å². The summed E-state index contributed by atoms with van der Waals surface area (Å²) in [4.78, 5) is 0.927. The number of halogens is 1. The maximum absolute atomic E-state index is 12.5. The average molecular weight is 421 g/mol. The predicted octanol–water partition coefficient (Wildman–Crippen LogP) is 3.11. The lowest BCUT2D eigenvalue weighted by molar-refractivity contribution is 0.521. The normalized spacial score (nSPS) is 12.4. The number of thioether (sulfide) groups is 1. The van der Waals surface area contributed by atoms with Crippen molar-refractivity contribution in [2.24, 2.45) is 0 Å². The molecule has 0 aliphatic rings. The van der Waals surface area contributed by atoms with Crippen LogP contribution in [0.4, 0.5) is 5.69 Å². The van der Waals surface area contributed by atoms with Crippen molar-refractivity contribution >= 4 is 49.1 Å². The number of rotatable bonds is 6. The molecule has 0 aromatic heterocycles. The third kappa shape index (κ3) is 4.48. The van der Waals surface area contributed by atoms with E-state index < -0.39 is 20.0 Å². The minimum Gasteiger partial charge on any atom is -0.278 e. The van der Waals surface area contributed by atoms with Crippen LogP contribution in [0.15, 0.2) is 57.2 Å². The lowest BCUT2D eigenvalue weighted by Gasteiger charge is -2.14. The van der Waals surface area contributed by atoms with E-state index in [0.29, 0.717) is 0 Å². The minimum absolute atomic E-state index is 0.00136. The monoisotopic (exact) mass is 420 g/mol. The molecule has 10 heteroatoms. The maximum atomic E-state index is 12.5. The summed E-state index contributed by atoms with van der Waals surface area (Å²) in [5.74, 6) is 0. The molecule has 0 radical (unpaired) electrons. The molecule has 0 spiro atoms. The van der Waals surface area contributed by atoms with E-state index in [-0.39, 0.29) is 20.5 Å². The van der Waals surface area contributed by atoms with Crippen LogP contribution in [-0.4, -0.2) is 41.5 Å². The van der Waals surface area contributed by atoms with Gasteiger partial charge in [-0.05, 0) is 48.7 Å². The second-order valence-electron chi connectivity index (χ2n) is 5.21. The molecule has 2 aromatic rings. The van der Waals surface area contributed by atoms with E-state index in [9.17, 15) is 16.8 Å². The molecule has 0 heterocycles. The van der Waals surface area contributed by atoms with Crippen molar-refractivity contribution < 1.29 is 16.8 Å². The summed E-state index contributed by atoms with van der Waals surface area (Å²) < 4.78 is 52.8. The maximum Gasteiger partial charge on any atom is 0.261 e. The summed E-state index contributed by atoms with van der Waals surface area (Å²) in [7, 11) is -4.82. The first-order valence-electron chi connectivity index (χ1n) is 6.97. The quantitative estimate of drug-likeness (QED) is 0.726.